The third-order valence-electron chi connectivity index (χ3n) is 4.02. The van der Waals surface area contributed by atoms with Crippen LogP contribution in [0.5, 0.6) is 11.5 Å². The third kappa shape index (κ3) is 3.44. The summed E-state index contributed by atoms with van der Waals surface area (Å²) in [6, 6.07) is 4.13. The number of nitrogens with zero attached hydrogens (tertiary/aromatic N) is 1. The van der Waals surface area contributed by atoms with E-state index in [1.54, 1.807) is 20.3 Å². The van der Waals surface area contributed by atoms with Crippen LogP contribution in [-0.2, 0) is 0 Å². The standard InChI is InChI=1S/C16H23ClN2O2/c1-11(18-10-12-6-5-9-19(12)2)15-14(20-3)8-7-13(17)16(15)21-4/h7-8,12,18H,1,5-6,9-10H2,2-4H3. The minimum absolute atomic E-state index is 0.540. The monoisotopic (exact) mass is 310 g/mol. The first kappa shape index (κ1) is 16.0. The van der Waals surface area contributed by atoms with Gasteiger partial charge in [-0.05, 0) is 38.6 Å². The molecule has 1 fully saturated rings. The Morgan fingerprint density at radius 2 is 2.19 bits per heavy atom. The molecule has 0 aromatic heterocycles. The highest BCUT2D eigenvalue weighted by molar-refractivity contribution is 6.32. The van der Waals surface area contributed by atoms with Gasteiger partial charge >= 0.3 is 0 Å². The highest BCUT2D eigenvalue weighted by Gasteiger charge is 2.22. The Morgan fingerprint density at radius 1 is 1.43 bits per heavy atom. The van der Waals surface area contributed by atoms with Gasteiger partial charge in [-0.3, -0.25) is 0 Å². The lowest BCUT2D eigenvalue weighted by atomic mass is 10.1. The molecule has 4 nitrogen and oxygen atoms in total. The Kier molecular flexibility index (Phi) is 5.37. The van der Waals surface area contributed by atoms with Crippen LogP contribution in [0, 0.1) is 0 Å². The molecule has 0 radical (unpaired) electrons. The molecule has 1 aliphatic heterocycles. The molecule has 0 spiro atoms. The van der Waals surface area contributed by atoms with Crippen molar-refractivity contribution in [2.24, 2.45) is 0 Å². The van der Waals surface area contributed by atoms with Crippen molar-refractivity contribution in [3.05, 3.63) is 29.3 Å². The van der Waals surface area contributed by atoms with Crippen LogP contribution < -0.4 is 14.8 Å². The van der Waals surface area contributed by atoms with Crippen LogP contribution in [0.4, 0.5) is 0 Å². The molecule has 0 aliphatic carbocycles. The summed E-state index contributed by atoms with van der Waals surface area (Å²) in [7, 11) is 5.38. The number of ether oxygens (including phenoxy) is 2. The van der Waals surface area contributed by atoms with E-state index in [9.17, 15) is 0 Å². The van der Waals surface area contributed by atoms with Crippen molar-refractivity contribution >= 4 is 17.3 Å². The molecule has 2 rings (SSSR count). The summed E-state index contributed by atoms with van der Waals surface area (Å²) < 4.78 is 10.8. The lowest BCUT2D eigenvalue weighted by molar-refractivity contribution is 0.309. The van der Waals surface area contributed by atoms with Gasteiger partial charge < -0.3 is 19.7 Å². The van der Waals surface area contributed by atoms with Gasteiger partial charge in [0.15, 0.2) is 0 Å². The number of hydrogen-bond acceptors (Lipinski definition) is 4. The largest absolute Gasteiger partial charge is 0.496 e. The lowest BCUT2D eigenvalue weighted by Gasteiger charge is -2.22. The normalized spacial score (nSPS) is 18.6. The zero-order valence-corrected chi connectivity index (χ0v) is 13.7. The van der Waals surface area contributed by atoms with Gasteiger partial charge in [0.25, 0.3) is 0 Å². The maximum Gasteiger partial charge on any atom is 0.150 e. The summed E-state index contributed by atoms with van der Waals surface area (Å²) in [5, 5.41) is 3.94. The van der Waals surface area contributed by atoms with Gasteiger partial charge in [-0.15, -0.1) is 0 Å². The van der Waals surface area contributed by atoms with E-state index in [-0.39, 0.29) is 0 Å². The molecule has 1 saturated heterocycles. The van der Waals surface area contributed by atoms with Gasteiger partial charge in [0.2, 0.25) is 0 Å². The Labute approximate surface area is 131 Å². The van der Waals surface area contributed by atoms with Crippen molar-refractivity contribution in [3.63, 3.8) is 0 Å². The van der Waals surface area contributed by atoms with E-state index < -0.39 is 0 Å². The number of likely N-dealkylation sites (N-methyl/N-ethyl adjacent to an activating group) is 1. The fourth-order valence-electron chi connectivity index (χ4n) is 2.76. The molecule has 0 amide bonds. The molecular formula is C16H23ClN2O2. The highest BCUT2D eigenvalue weighted by atomic mass is 35.5. The molecule has 0 bridgehead atoms. The van der Waals surface area contributed by atoms with Gasteiger partial charge in [0.05, 0.1) is 24.8 Å². The molecule has 116 valence electrons. The van der Waals surface area contributed by atoms with Crippen LogP contribution in [0.25, 0.3) is 5.70 Å². The van der Waals surface area contributed by atoms with Crippen LogP contribution in [0.1, 0.15) is 18.4 Å². The Hall–Kier alpha value is -1.39. The molecule has 1 aromatic carbocycles. The predicted molar refractivity (Wildman–Crippen MR) is 87.2 cm³/mol. The van der Waals surface area contributed by atoms with Crippen molar-refractivity contribution in [1.29, 1.82) is 0 Å². The van der Waals surface area contributed by atoms with Crippen molar-refractivity contribution in [1.82, 2.24) is 10.2 Å². The SMILES string of the molecule is C=C(NCC1CCCN1C)c1c(OC)ccc(Cl)c1OC. The Morgan fingerprint density at radius 3 is 2.76 bits per heavy atom. The fourth-order valence-corrected chi connectivity index (χ4v) is 3.00. The van der Waals surface area contributed by atoms with E-state index in [0.29, 0.717) is 22.6 Å². The minimum atomic E-state index is 0.540. The number of methoxy groups -OCH3 is 2. The molecule has 21 heavy (non-hydrogen) atoms. The maximum atomic E-state index is 6.20. The lowest BCUT2D eigenvalue weighted by Crippen LogP contribution is -2.34. The maximum absolute atomic E-state index is 6.20. The van der Waals surface area contributed by atoms with Crippen LogP contribution in [0.3, 0.4) is 0 Å². The van der Waals surface area contributed by atoms with E-state index >= 15 is 0 Å². The molecule has 1 aromatic rings. The number of nitrogens with one attached hydrogen (secondary N) is 1. The summed E-state index contributed by atoms with van der Waals surface area (Å²) in [4.78, 5) is 2.37. The van der Waals surface area contributed by atoms with Gasteiger partial charge in [-0.2, -0.15) is 0 Å². The Balaban J connectivity index is 2.16. The molecular weight excluding hydrogens is 288 g/mol. The molecule has 1 atom stereocenters. The molecule has 0 saturated carbocycles. The van der Waals surface area contributed by atoms with Crippen molar-refractivity contribution < 1.29 is 9.47 Å². The number of halogens is 1. The minimum Gasteiger partial charge on any atom is -0.496 e. The van der Waals surface area contributed by atoms with Gasteiger partial charge in [0.1, 0.15) is 11.5 Å². The average molecular weight is 311 g/mol. The highest BCUT2D eigenvalue weighted by Crippen LogP contribution is 2.38. The third-order valence-corrected chi connectivity index (χ3v) is 4.32. The topological polar surface area (TPSA) is 33.7 Å². The summed E-state index contributed by atoms with van der Waals surface area (Å²) in [5.74, 6) is 1.29. The number of likely N-dealkylation sites (tertiary alicyclic amines) is 1. The summed E-state index contributed by atoms with van der Waals surface area (Å²) >= 11 is 6.20. The van der Waals surface area contributed by atoms with E-state index in [1.807, 2.05) is 6.07 Å². The quantitative estimate of drug-likeness (QED) is 0.876. The van der Waals surface area contributed by atoms with Crippen LogP contribution >= 0.6 is 11.6 Å². The first-order valence-electron chi connectivity index (χ1n) is 7.12. The van der Waals surface area contributed by atoms with Crippen LogP contribution in [0.15, 0.2) is 18.7 Å². The second-order valence-electron chi connectivity index (χ2n) is 5.29. The molecule has 5 heteroatoms. The second kappa shape index (κ2) is 7.05. The zero-order valence-electron chi connectivity index (χ0n) is 12.9. The van der Waals surface area contributed by atoms with Crippen molar-refractivity contribution in [3.8, 4) is 11.5 Å². The zero-order chi connectivity index (χ0) is 15.4. The van der Waals surface area contributed by atoms with Crippen molar-refractivity contribution in [2.75, 3.05) is 34.4 Å². The molecule has 1 heterocycles. The number of hydrogen-bond donors (Lipinski definition) is 1. The van der Waals surface area contributed by atoms with Crippen LogP contribution in [-0.4, -0.2) is 45.3 Å². The smallest absolute Gasteiger partial charge is 0.150 e. The van der Waals surface area contributed by atoms with E-state index in [1.165, 1.54) is 12.8 Å². The Bertz CT molecular complexity index is 519. The van der Waals surface area contributed by atoms with E-state index in [2.05, 4.69) is 23.8 Å². The molecule has 1 aliphatic rings. The van der Waals surface area contributed by atoms with E-state index in [0.717, 1.165) is 24.4 Å². The average Bonchev–Trinajstić information content (AvgIpc) is 2.89. The predicted octanol–water partition coefficient (Wildman–Crippen LogP) is 3.01. The van der Waals surface area contributed by atoms with Gasteiger partial charge in [-0.1, -0.05) is 18.2 Å². The fraction of sp³-hybridized carbons (Fsp3) is 0.500. The summed E-state index contributed by atoms with van der Waals surface area (Å²) in [5.41, 5.74) is 1.56. The summed E-state index contributed by atoms with van der Waals surface area (Å²) in [6.07, 6.45) is 2.46. The molecule has 1 N–H and O–H groups in total. The number of benzene rings is 1. The first-order chi connectivity index (χ1) is 10.1. The molecule has 1 unspecified atom stereocenters. The second-order valence-corrected chi connectivity index (χ2v) is 5.70. The van der Waals surface area contributed by atoms with Gasteiger partial charge in [-0.25, -0.2) is 0 Å². The van der Waals surface area contributed by atoms with Crippen molar-refractivity contribution in [2.45, 2.75) is 18.9 Å². The van der Waals surface area contributed by atoms with Gasteiger partial charge in [0, 0.05) is 18.3 Å². The van der Waals surface area contributed by atoms with Crippen LogP contribution in [0.2, 0.25) is 5.02 Å². The summed E-state index contributed by atoms with van der Waals surface area (Å²) in [6.45, 7) is 6.13. The number of rotatable bonds is 6. The first-order valence-corrected chi connectivity index (χ1v) is 7.50. The van der Waals surface area contributed by atoms with E-state index in [4.69, 9.17) is 21.1 Å².